The van der Waals surface area contributed by atoms with Gasteiger partial charge in [0.1, 0.15) is 0 Å². The van der Waals surface area contributed by atoms with E-state index >= 15 is 0 Å². The largest absolute Gasteiger partial charge is 0.198 e. The van der Waals surface area contributed by atoms with Gasteiger partial charge in [-0.2, -0.15) is 42.3 Å². The Kier molecular flexibility index (Phi) is 5.35. The van der Waals surface area contributed by atoms with Crippen LogP contribution in [0.3, 0.4) is 0 Å². The third kappa shape index (κ3) is 2.62. The van der Waals surface area contributed by atoms with Crippen molar-refractivity contribution in [1.82, 2.24) is 0 Å². The third-order valence-corrected chi connectivity index (χ3v) is 3.55. The SMILES string of the molecule is [CH2-]c1cc[c-]cc1C1(c2ccccc2)CC1.[V].[W]. The minimum atomic E-state index is 0. The fourth-order valence-electron chi connectivity index (χ4n) is 2.50. The molecule has 0 heterocycles. The van der Waals surface area contributed by atoms with Gasteiger partial charge in [0.25, 0.3) is 0 Å². The molecule has 0 aromatic heterocycles. The fraction of sp³-hybridized carbons (Fsp3) is 0.188. The van der Waals surface area contributed by atoms with Crippen molar-refractivity contribution < 1.29 is 39.6 Å². The van der Waals surface area contributed by atoms with Gasteiger partial charge in [0, 0.05) is 39.6 Å². The standard InChI is InChI=1S/C16H14.V.W/c1-13-7-5-6-10-15(13)16(11-12-16)14-8-3-2-4-9-14;;/h2-5,7-10H,1,11-12H2;;/q-2;;. The second kappa shape index (κ2) is 6.15. The number of benzene rings is 2. The molecule has 0 saturated heterocycles. The molecule has 0 bridgehead atoms. The molecule has 2 heteroatoms. The Morgan fingerprint density at radius 1 is 1.06 bits per heavy atom. The molecule has 1 aliphatic carbocycles. The van der Waals surface area contributed by atoms with Gasteiger partial charge in [-0.3, -0.25) is 0 Å². The molecule has 3 rings (SSSR count). The second-order valence-electron chi connectivity index (χ2n) is 4.53. The fourth-order valence-corrected chi connectivity index (χ4v) is 2.50. The Labute approximate surface area is 135 Å². The number of rotatable bonds is 2. The average Bonchev–Trinajstić information content (AvgIpc) is 3.12. The molecule has 1 aliphatic rings. The maximum atomic E-state index is 4.13. The molecular formula is C16H14VW-2. The molecule has 0 spiro atoms. The molecule has 1 radical (unpaired) electrons. The van der Waals surface area contributed by atoms with Crippen molar-refractivity contribution >= 4 is 0 Å². The molecule has 0 unspecified atom stereocenters. The van der Waals surface area contributed by atoms with Crippen molar-refractivity contribution in [2.45, 2.75) is 18.3 Å². The molecule has 2 aromatic carbocycles. The molecule has 91 valence electrons. The molecule has 0 amide bonds. The van der Waals surface area contributed by atoms with E-state index in [9.17, 15) is 0 Å². The summed E-state index contributed by atoms with van der Waals surface area (Å²) in [7, 11) is 0. The van der Waals surface area contributed by atoms with E-state index < -0.39 is 0 Å². The first kappa shape index (κ1) is 15.6. The van der Waals surface area contributed by atoms with E-state index in [1.54, 1.807) is 0 Å². The summed E-state index contributed by atoms with van der Waals surface area (Å²) < 4.78 is 0. The van der Waals surface area contributed by atoms with E-state index in [1.807, 2.05) is 6.07 Å². The van der Waals surface area contributed by atoms with Crippen LogP contribution in [0.25, 0.3) is 0 Å². The van der Waals surface area contributed by atoms with Crippen LogP contribution in [0.2, 0.25) is 0 Å². The molecule has 1 saturated carbocycles. The first-order valence-corrected chi connectivity index (χ1v) is 5.71. The Hall–Kier alpha value is -0.417. The van der Waals surface area contributed by atoms with Gasteiger partial charge in [-0.25, -0.2) is 0 Å². The van der Waals surface area contributed by atoms with Crippen LogP contribution in [0, 0.1) is 13.0 Å². The summed E-state index contributed by atoms with van der Waals surface area (Å²) in [6.45, 7) is 4.13. The van der Waals surface area contributed by atoms with Crippen LogP contribution >= 0.6 is 0 Å². The molecule has 0 aliphatic heterocycles. The molecule has 0 nitrogen and oxygen atoms in total. The van der Waals surface area contributed by atoms with Crippen molar-refractivity contribution in [2.75, 3.05) is 0 Å². The summed E-state index contributed by atoms with van der Waals surface area (Å²) in [5.41, 5.74) is 4.14. The smallest absolute Gasteiger partial charge is 0 e. The monoisotopic (exact) mass is 441 g/mol. The maximum Gasteiger partial charge on any atom is 0 e. The molecule has 1 fully saturated rings. The second-order valence-corrected chi connectivity index (χ2v) is 4.53. The van der Waals surface area contributed by atoms with E-state index in [0.29, 0.717) is 0 Å². The van der Waals surface area contributed by atoms with Gasteiger partial charge >= 0.3 is 0 Å². The van der Waals surface area contributed by atoms with Gasteiger partial charge in [-0.05, 0) is 23.8 Å². The third-order valence-electron chi connectivity index (χ3n) is 3.55. The Morgan fingerprint density at radius 2 is 1.72 bits per heavy atom. The summed E-state index contributed by atoms with van der Waals surface area (Å²) in [5, 5.41) is 0. The Morgan fingerprint density at radius 3 is 2.28 bits per heavy atom. The first-order chi connectivity index (χ1) is 7.83. The normalized spacial score (nSPS) is 15.1. The van der Waals surface area contributed by atoms with Gasteiger partial charge in [-0.15, -0.1) is 0 Å². The van der Waals surface area contributed by atoms with Crippen LogP contribution in [0.5, 0.6) is 0 Å². The van der Waals surface area contributed by atoms with E-state index in [-0.39, 0.29) is 45.0 Å². The Balaban J connectivity index is 0.000000810. The summed E-state index contributed by atoms with van der Waals surface area (Å²) in [6, 6.07) is 20.0. The zero-order valence-corrected chi connectivity index (χ0v) is 14.4. The van der Waals surface area contributed by atoms with Gasteiger partial charge in [-0.1, -0.05) is 30.3 Å². The Bertz CT molecular complexity index is 504. The summed E-state index contributed by atoms with van der Waals surface area (Å²) >= 11 is 0. The summed E-state index contributed by atoms with van der Waals surface area (Å²) in [6.07, 6.45) is 2.47. The van der Waals surface area contributed by atoms with Gasteiger partial charge in [0.05, 0.1) is 0 Å². The molecule has 18 heavy (non-hydrogen) atoms. The molecular weight excluding hydrogens is 427 g/mol. The van der Waals surface area contributed by atoms with E-state index in [2.05, 4.69) is 55.5 Å². The minimum Gasteiger partial charge on any atom is -0.198 e. The molecule has 0 N–H and O–H groups in total. The predicted molar refractivity (Wildman–Crippen MR) is 66.2 cm³/mol. The topological polar surface area (TPSA) is 0 Å². The predicted octanol–water partition coefficient (Wildman–Crippen LogP) is 3.74. The maximum absolute atomic E-state index is 4.13. The van der Waals surface area contributed by atoms with Gasteiger partial charge < -0.3 is 0 Å². The van der Waals surface area contributed by atoms with Gasteiger partial charge in [0.15, 0.2) is 0 Å². The summed E-state index contributed by atoms with van der Waals surface area (Å²) in [4.78, 5) is 0. The quantitative estimate of drug-likeness (QED) is 0.624. The zero-order chi connectivity index (χ0) is 11.0. The molecule has 2 aromatic rings. The van der Waals surface area contributed by atoms with Gasteiger partial charge in [0.2, 0.25) is 0 Å². The number of hydrogen-bond acceptors (Lipinski definition) is 0. The van der Waals surface area contributed by atoms with Crippen molar-refractivity contribution in [3.8, 4) is 0 Å². The van der Waals surface area contributed by atoms with Crippen LogP contribution < -0.4 is 0 Å². The minimum absolute atomic E-state index is 0. The first-order valence-electron chi connectivity index (χ1n) is 5.71. The van der Waals surface area contributed by atoms with E-state index in [4.69, 9.17) is 0 Å². The van der Waals surface area contributed by atoms with Crippen LogP contribution in [0.15, 0.2) is 48.5 Å². The van der Waals surface area contributed by atoms with Crippen molar-refractivity contribution in [3.63, 3.8) is 0 Å². The average molecular weight is 441 g/mol. The van der Waals surface area contributed by atoms with Crippen molar-refractivity contribution in [1.29, 1.82) is 0 Å². The summed E-state index contributed by atoms with van der Waals surface area (Å²) in [5.74, 6) is 0. The van der Waals surface area contributed by atoms with Crippen LogP contribution in [0.1, 0.15) is 29.5 Å². The van der Waals surface area contributed by atoms with E-state index in [1.165, 1.54) is 24.0 Å². The van der Waals surface area contributed by atoms with Crippen molar-refractivity contribution in [2.24, 2.45) is 0 Å². The van der Waals surface area contributed by atoms with Crippen molar-refractivity contribution in [3.05, 3.63) is 78.2 Å². The zero-order valence-electron chi connectivity index (χ0n) is 10.1. The molecule has 0 atom stereocenters. The van der Waals surface area contributed by atoms with Crippen LogP contribution in [-0.4, -0.2) is 0 Å². The van der Waals surface area contributed by atoms with Crippen LogP contribution in [0.4, 0.5) is 0 Å². The van der Waals surface area contributed by atoms with Crippen LogP contribution in [-0.2, 0) is 45.0 Å². The van der Waals surface area contributed by atoms with E-state index in [0.717, 1.165) is 5.56 Å². The number of hydrogen-bond donors (Lipinski definition) is 0.